The van der Waals surface area contributed by atoms with Gasteiger partial charge in [0.2, 0.25) is 5.91 Å². The van der Waals surface area contributed by atoms with Gasteiger partial charge in [0.1, 0.15) is 0 Å². The van der Waals surface area contributed by atoms with E-state index in [2.05, 4.69) is 42.3 Å². The molecule has 2 saturated heterocycles. The van der Waals surface area contributed by atoms with Crippen molar-refractivity contribution >= 4 is 5.91 Å². The minimum atomic E-state index is 0.300. The molecule has 3 rings (SSSR count). The highest BCUT2D eigenvalue weighted by molar-refractivity contribution is 5.79. The van der Waals surface area contributed by atoms with Gasteiger partial charge in [0.05, 0.1) is 6.42 Å². The van der Waals surface area contributed by atoms with Crippen LogP contribution in [0.2, 0.25) is 0 Å². The maximum Gasteiger partial charge on any atom is 0.227 e. The molecule has 2 atom stereocenters. The summed E-state index contributed by atoms with van der Waals surface area (Å²) in [5.74, 6) is 0.300. The summed E-state index contributed by atoms with van der Waals surface area (Å²) in [4.78, 5) is 14.8. The van der Waals surface area contributed by atoms with Crippen molar-refractivity contribution in [1.82, 2.24) is 10.2 Å². The van der Waals surface area contributed by atoms with Crippen LogP contribution in [0.25, 0.3) is 0 Å². The highest BCUT2D eigenvalue weighted by Gasteiger charge is 2.35. The summed E-state index contributed by atoms with van der Waals surface area (Å²) in [5.41, 5.74) is 3.71. The van der Waals surface area contributed by atoms with Crippen molar-refractivity contribution in [2.24, 2.45) is 0 Å². The molecular formula is C18H26N2O. The zero-order chi connectivity index (χ0) is 14.8. The quantitative estimate of drug-likeness (QED) is 0.926. The normalized spacial score (nSPS) is 25.5. The molecule has 1 amide bonds. The second kappa shape index (κ2) is 6.18. The maximum absolute atomic E-state index is 12.7. The van der Waals surface area contributed by atoms with Gasteiger partial charge in [-0.05, 0) is 62.8 Å². The first-order valence-electron chi connectivity index (χ1n) is 8.24. The summed E-state index contributed by atoms with van der Waals surface area (Å²) in [6.07, 6.45) is 5.33. The number of benzene rings is 1. The lowest BCUT2D eigenvalue weighted by atomic mass is 10.0. The fourth-order valence-corrected chi connectivity index (χ4v) is 3.75. The zero-order valence-corrected chi connectivity index (χ0v) is 13.2. The van der Waals surface area contributed by atoms with Gasteiger partial charge in [-0.3, -0.25) is 4.79 Å². The van der Waals surface area contributed by atoms with Crippen LogP contribution < -0.4 is 5.32 Å². The van der Waals surface area contributed by atoms with Gasteiger partial charge in [0, 0.05) is 18.6 Å². The summed E-state index contributed by atoms with van der Waals surface area (Å²) in [6.45, 7) is 6.28. The number of carbonyl (C=O) groups is 1. The van der Waals surface area contributed by atoms with E-state index in [4.69, 9.17) is 0 Å². The lowest BCUT2D eigenvalue weighted by molar-refractivity contribution is -0.131. The monoisotopic (exact) mass is 286 g/mol. The average molecular weight is 286 g/mol. The lowest BCUT2D eigenvalue weighted by Crippen LogP contribution is -2.47. The van der Waals surface area contributed by atoms with Crippen molar-refractivity contribution in [3.05, 3.63) is 34.9 Å². The molecule has 3 nitrogen and oxygen atoms in total. The van der Waals surface area contributed by atoms with Gasteiger partial charge < -0.3 is 10.2 Å². The third-order valence-corrected chi connectivity index (χ3v) is 5.11. The summed E-state index contributed by atoms with van der Waals surface area (Å²) >= 11 is 0. The number of amides is 1. The number of aryl methyl sites for hydroxylation is 2. The van der Waals surface area contributed by atoms with E-state index in [0.29, 0.717) is 24.4 Å². The number of hydrogen-bond donors (Lipinski definition) is 1. The van der Waals surface area contributed by atoms with Crippen molar-refractivity contribution in [1.29, 1.82) is 0 Å². The third-order valence-electron chi connectivity index (χ3n) is 5.11. The number of carbonyl (C=O) groups excluding carboxylic acids is 1. The summed E-state index contributed by atoms with van der Waals surface area (Å²) < 4.78 is 0. The highest BCUT2D eigenvalue weighted by Crippen LogP contribution is 2.25. The smallest absolute Gasteiger partial charge is 0.227 e. The minimum absolute atomic E-state index is 0.300. The Morgan fingerprint density at radius 2 is 2.10 bits per heavy atom. The summed E-state index contributed by atoms with van der Waals surface area (Å²) in [7, 11) is 0. The number of hydrogen-bond acceptors (Lipinski definition) is 2. The van der Waals surface area contributed by atoms with Gasteiger partial charge >= 0.3 is 0 Å². The number of nitrogens with one attached hydrogen (secondary N) is 1. The van der Waals surface area contributed by atoms with Crippen molar-refractivity contribution in [3.8, 4) is 0 Å². The Bertz CT molecular complexity index is 520. The Kier molecular flexibility index (Phi) is 4.29. The predicted octanol–water partition coefficient (Wildman–Crippen LogP) is 2.59. The molecule has 0 spiro atoms. The van der Waals surface area contributed by atoms with E-state index in [1.807, 2.05) is 0 Å². The first-order valence-corrected chi connectivity index (χ1v) is 8.24. The minimum Gasteiger partial charge on any atom is -0.338 e. The van der Waals surface area contributed by atoms with Crippen molar-refractivity contribution in [2.45, 2.75) is 58.0 Å². The van der Waals surface area contributed by atoms with Crippen LogP contribution in [-0.2, 0) is 11.2 Å². The predicted molar refractivity (Wildman–Crippen MR) is 85.4 cm³/mol. The van der Waals surface area contributed by atoms with Gasteiger partial charge in [0.25, 0.3) is 0 Å². The van der Waals surface area contributed by atoms with Gasteiger partial charge in [-0.15, -0.1) is 0 Å². The molecule has 3 heteroatoms. The molecule has 0 radical (unpaired) electrons. The Morgan fingerprint density at radius 1 is 1.24 bits per heavy atom. The second-order valence-electron chi connectivity index (χ2n) is 6.59. The number of rotatable bonds is 3. The van der Waals surface area contributed by atoms with Crippen molar-refractivity contribution < 1.29 is 4.79 Å². The SMILES string of the molecule is Cc1ccc(CC(=O)N2CCCC2C2CCCN2)cc1C. The van der Waals surface area contributed by atoms with Crippen molar-refractivity contribution in [3.63, 3.8) is 0 Å². The molecule has 2 aliphatic heterocycles. The molecular weight excluding hydrogens is 260 g/mol. The van der Waals surface area contributed by atoms with Crippen LogP contribution in [0.4, 0.5) is 0 Å². The van der Waals surface area contributed by atoms with E-state index in [0.717, 1.165) is 31.5 Å². The summed E-state index contributed by atoms with van der Waals surface area (Å²) in [5, 5.41) is 3.57. The Balaban J connectivity index is 1.67. The highest BCUT2D eigenvalue weighted by atomic mass is 16.2. The van der Waals surface area contributed by atoms with Crippen LogP contribution in [0.3, 0.4) is 0 Å². The largest absolute Gasteiger partial charge is 0.338 e. The van der Waals surface area contributed by atoms with E-state index >= 15 is 0 Å². The molecule has 2 unspecified atom stereocenters. The molecule has 1 aromatic carbocycles. The Morgan fingerprint density at radius 3 is 2.81 bits per heavy atom. The molecule has 114 valence electrons. The molecule has 1 N–H and O–H groups in total. The Hall–Kier alpha value is -1.35. The summed E-state index contributed by atoms with van der Waals surface area (Å²) in [6, 6.07) is 7.33. The number of likely N-dealkylation sites (tertiary alicyclic amines) is 1. The first-order chi connectivity index (χ1) is 10.1. The topological polar surface area (TPSA) is 32.3 Å². The average Bonchev–Trinajstić information content (AvgIpc) is 3.12. The van der Waals surface area contributed by atoms with Gasteiger partial charge in [-0.2, -0.15) is 0 Å². The van der Waals surface area contributed by atoms with Crippen LogP contribution in [0.5, 0.6) is 0 Å². The molecule has 2 heterocycles. The van der Waals surface area contributed by atoms with E-state index in [-0.39, 0.29) is 0 Å². The van der Waals surface area contributed by atoms with Crippen LogP contribution in [0.1, 0.15) is 42.4 Å². The van der Waals surface area contributed by atoms with Crippen molar-refractivity contribution in [2.75, 3.05) is 13.1 Å². The van der Waals surface area contributed by atoms with E-state index in [9.17, 15) is 4.79 Å². The van der Waals surface area contributed by atoms with Gasteiger partial charge in [0.15, 0.2) is 0 Å². The molecule has 2 aliphatic rings. The lowest BCUT2D eigenvalue weighted by Gasteiger charge is -2.29. The van der Waals surface area contributed by atoms with Crippen LogP contribution in [0.15, 0.2) is 18.2 Å². The van der Waals surface area contributed by atoms with Crippen LogP contribution in [0, 0.1) is 13.8 Å². The molecule has 0 saturated carbocycles. The third kappa shape index (κ3) is 3.13. The molecule has 0 bridgehead atoms. The molecule has 2 fully saturated rings. The van der Waals surface area contributed by atoms with Gasteiger partial charge in [-0.25, -0.2) is 0 Å². The molecule has 21 heavy (non-hydrogen) atoms. The fourth-order valence-electron chi connectivity index (χ4n) is 3.75. The number of nitrogens with zero attached hydrogens (tertiary/aromatic N) is 1. The Labute approximate surface area is 127 Å². The maximum atomic E-state index is 12.7. The standard InChI is InChI=1S/C18H26N2O/c1-13-7-8-15(11-14(13)2)12-18(21)20-10-4-6-17(20)16-5-3-9-19-16/h7-8,11,16-17,19H,3-6,9-10,12H2,1-2H3. The second-order valence-corrected chi connectivity index (χ2v) is 6.59. The van der Waals surface area contributed by atoms with E-state index in [1.54, 1.807) is 0 Å². The van der Waals surface area contributed by atoms with Crippen LogP contribution >= 0.6 is 0 Å². The molecule has 0 aromatic heterocycles. The zero-order valence-electron chi connectivity index (χ0n) is 13.2. The fraction of sp³-hybridized carbons (Fsp3) is 0.611. The molecule has 1 aromatic rings. The first kappa shape index (κ1) is 14.6. The molecule has 0 aliphatic carbocycles. The van der Waals surface area contributed by atoms with E-state index < -0.39 is 0 Å². The van der Waals surface area contributed by atoms with E-state index in [1.165, 1.54) is 24.0 Å². The van der Waals surface area contributed by atoms with Crippen LogP contribution in [-0.4, -0.2) is 36.0 Å². The van der Waals surface area contributed by atoms with Gasteiger partial charge in [-0.1, -0.05) is 18.2 Å².